The van der Waals surface area contributed by atoms with E-state index >= 15 is 0 Å². The number of imidazole rings is 1. The number of aryl methyl sites for hydroxylation is 1. The first-order chi connectivity index (χ1) is 15.0. The van der Waals surface area contributed by atoms with Crippen molar-refractivity contribution in [2.45, 2.75) is 95.5 Å². The molecule has 0 saturated carbocycles. The second-order valence-corrected chi connectivity index (χ2v) is 9.00. The van der Waals surface area contributed by atoms with Crippen LogP contribution in [0.3, 0.4) is 0 Å². The predicted octanol–water partition coefficient (Wildman–Crippen LogP) is 4.68. The Labute approximate surface area is 191 Å². The average molecular weight is 457 g/mol. The molecule has 2 atom stereocenters. The van der Waals surface area contributed by atoms with E-state index in [4.69, 9.17) is 4.74 Å². The number of hydrogen-bond acceptors (Lipinski definition) is 7. The molecule has 0 aliphatic rings. The van der Waals surface area contributed by atoms with Crippen molar-refractivity contribution in [3.63, 3.8) is 0 Å². The fraction of sp³-hybridized carbons (Fsp3) is 0.783. The van der Waals surface area contributed by atoms with Crippen LogP contribution in [-0.2, 0) is 25.6 Å². The van der Waals surface area contributed by atoms with Gasteiger partial charge in [-0.1, -0.05) is 64.7 Å². The maximum absolute atomic E-state index is 11.9. The van der Waals surface area contributed by atoms with Gasteiger partial charge in [-0.25, -0.2) is 9.78 Å². The van der Waals surface area contributed by atoms with Crippen LogP contribution in [0.25, 0.3) is 0 Å². The number of unbranched alkanes of at least 4 members (excludes halogenated alkanes) is 9. The molecule has 0 bridgehead atoms. The van der Waals surface area contributed by atoms with Crippen molar-refractivity contribution in [2.75, 3.05) is 20.0 Å². The Morgan fingerprint density at radius 1 is 1.03 bits per heavy atom. The van der Waals surface area contributed by atoms with Crippen LogP contribution in [0.5, 0.6) is 0 Å². The number of ether oxygens (including phenoxy) is 2. The summed E-state index contributed by atoms with van der Waals surface area (Å²) in [6.07, 6.45) is 15.1. The molecule has 2 unspecified atom stereocenters. The van der Waals surface area contributed by atoms with Gasteiger partial charge >= 0.3 is 11.9 Å². The Kier molecular flexibility index (Phi) is 15.1. The summed E-state index contributed by atoms with van der Waals surface area (Å²) in [4.78, 5) is 27.7. The van der Waals surface area contributed by atoms with Gasteiger partial charge < -0.3 is 19.1 Å². The number of rotatable bonds is 18. The number of carbonyl (C=O) groups is 2. The first kappa shape index (κ1) is 27.5. The zero-order chi connectivity index (χ0) is 22.9. The Hall–Kier alpha value is -1.54. The maximum Gasteiger partial charge on any atom is 0.336 e. The van der Waals surface area contributed by atoms with Gasteiger partial charge in [0.05, 0.1) is 25.9 Å². The lowest BCUT2D eigenvalue weighted by atomic mass is 10.1. The van der Waals surface area contributed by atoms with Gasteiger partial charge in [0.25, 0.3) is 0 Å². The molecule has 1 rings (SSSR count). The molecular weight excluding hydrogens is 416 g/mol. The number of hydrogen-bond donors (Lipinski definition) is 1. The van der Waals surface area contributed by atoms with Crippen LogP contribution in [0.2, 0.25) is 0 Å². The molecule has 8 heteroatoms. The molecule has 0 amide bonds. The molecule has 0 aliphatic carbocycles. The maximum atomic E-state index is 11.9. The third kappa shape index (κ3) is 11.1. The summed E-state index contributed by atoms with van der Waals surface area (Å²) in [5.41, 5.74) is 0. The van der Waals surface area contributed by atoms with Gasteiger partial charge in [-0.15, -0.1) is 11.8 Å². The van der Waals surface area contributed by atoms with Crippen molar-refractivity contribution >= 4 is 23.7 Å². The fourth-order valence-electron chi connectivity index (χ4n) is 3.46. The molecule has 178 valence electrons. The van der Waals surface area contributed by atoms with Crippen LogP contribution in [-0.4, -0.2) is 52.7 Å². The smallest absolute Gasteiger partial charge is 0.336 e. The summed E-state index contributed by atoms with van der Waals surface area (Å²) < 4.78 is 11.4. The SMILES string of the molecule is CCCCCCCCCCCCn1ccnc1C(SCCC(=O)OC)C(O)C(=O)OC. The lowest BCUT2D eigenvalue weighted by molar-refractivity contribution is -0.150. The average Bonchev–Trinajstić information content (AvgIpc) is 3.24. The van der Waals surface area contributed by atoms with E-state index in [0.717, 1.165) is 19.4 Å². The largest absolute Gasteiger partial charge is 0.469 e. The van der Waals surface area contributed by atoms with Crippen LogP contribution in [0.1, 0.15) is 88.6 Å². The van der Waals surface area contributed by atoms with E-state index in [0.29, 0.717) is 11.6 Å². The van der Waals surface area contributed by atoms with Crippen molar-refractivity contribution in [1.29, 1.82) is 0 Å². The highest BCUT2D eigenvalue weighted by Gasteiger charge is 2.32. The number of aromatic nitrogens is 2. The summed E-state index contributed by atoms with van der Waals surface area (Å²) in [6, 6.07) is 0. The Balaban J connectivity index is 2.50. The van der Waals surface area contributed by atoms with E-state index in [9.17, 15) is 14.7 Å². The molecule has 0 fully saturated rings. The predicted molar refractivity (Wildman–Crippen MR) is 124 cm³/mol. The lowest BCUT2D eigenvalue weighted by Gasteiger charge is -2.21. The van der Waals surface area contributed by atoms with Gasteiger partial charge in [0.2, 0.25) is 0 Å². The normalized spacial score (nSPS) is 13.0. The van der Waals surface area contributed by atoms with Crippen LogP contribution in [0.4, 0.5) is 0 Å². The van der Waals surface area contributed by atoms with Gasteiger partial charge in [0.1, 0.15) is 5.82 Å². The van der Waals surface area contributed by atoms with Gasteiger partial charge in [-0.05, 0) is 6.42 Å². The number of thioether (sulfide) groups is 1. The summed E-state index contributed by atoms with van der Waals surface area (Å²) >= 11 is 1.31. The number of nitrogens with zero attached hydrogens (tertiary/aromatic N) is 2. The molecule has 0 radical (unpaired) electrons. The molecule has 1 heterocycles. The second-order valence-electron chi connectivity index (χ2n) is 7.75. The zero-order valence-electron chi connectivity index (χ0n) is 19.4. The van der Waals surface area contributed by atoms with Crippen LogP contribution in [0.15, 0.2) is 12.4 Å². The number of aliphatic hydroxyl groups is 1. The molecule has 7 nitrogen and oxygen atoms in total. The van der Waals surface area contributed by atoms with Crippen LogP contribution >= 0.6 is 11.8 Å². The summed E-state index contributed by atoms with van der Waals surface area (Å²) in [5, 5.41) is 9.88. The first-order valence-corrected chi connectivity index (χ1v) is 12.5. The lowest BCUT2D eigenvalue weighted by Crippen LogP contribution is -2.29. The van der Waals surface area contributed by atoms with E-state index in [1.807, 2.05) is 10.8 Å². The number of aliphatic hydroxyl groups excluding tert-OH is 1. The van der Waals surface area contributed by atoms with Crippen molar-refractivity contribution in [1.82, 2.24) is 9.55 Å². The van der Waals surface area contributed by atoms with E-state index in [1.165, 1.54) is 77.3 Å². The Bertz CT molecular complexity index is 623. The molecule has 0 aromatic carbocycles. The molecule has 0 spiro atoms. The monoisotopic (exact) mass is 456 g/mol. The minimum atomic E-state index is -1.35. The second kappa shape index (κ2) is 17.1. The molecule has 1 aromatic heterocycles. The van der Waals surface area contributed by atoms with Crippen LogP contribution < -0.4 is 0 Å². The van der Waals surface area contributed by atoms with Gasteiger partial charge in [-0.3, -0.25) is 4.79 Å². The molecule has 0 saturated heterocycles. The number of methoxy groups -OCH3 is 2. The third-order valence-electron chi connectivity index (χ3n) is 5.32. The number of esters is 2. The first-order valence-electron chi connectivity index (χ1n) is 11.5. The minimum Gasteiger partial charge on any atom is -0.469 e. The standard InChI is InChI=1S/C23H40N2O5S/c1-4-5-6-7-8-9-10-11-12-13-16-25-17-15-24-22(25)21(20(27)23(28)30-3)31-18-14-19(26)29-2/h15,17,20-21,27H,4-14,16,18H2,1-3H3. The third-order valence-corrected chi connectivity index (χ3v) is 6.58. The van der Waals surface area contributed by atoms with Gasteiger partial charge in [0.15, 0.2) is 6.10 Å². The summed E-state index contributed by atoms with van der Waals surface area (Å²) in [6.45, 7) is 3.03. The summed E-state index contributed by atoms with van der Waals surface area (Å²) in [5.74, 6) is 0.0107. The van der Waals surface area contributed by atoms with Crippen LogP contribution in [0, 0.1) is 0 Å². The minimum absolute atomic E-state index is 0.199. The van der Waals surface area contributed by atoms with E-state index in [2.05, 4.69) is 16.6 Å². The van der Waals surface area contributed by atoms with Crippen molar-refractivity contribution in [3.05, 3.63) is 18.2 Å². The number of carbonyl (C=O) groups excluding carboxylic acids is 2. The van der Waals surface area contributed by atoms with Crippen molar-refractivity contribution < 1.29 is 24.2 Å². The highest BCUT2D eigenvalue weighted by Crippen LogP contribution is 2.32. The Morgan fingerprint density at radius 2 is 1.65 bits per heavy atom. The zero-order valence-corrected chi connectivity index (χ0v) is 20.2. The van der Waals surface area contributed by atoms with Crippen molar-refractivity contribution in [3.8, 4) is 0 Å². The molecule has 0 aliphatic heterocycles. The Morgan fingerprint density at radius 3 is 2.23 bits per heavy atom. The van der Waals surface area contributed by atoms with Gasteiger partial charge in [-0.2, -0.15) is 0 Å². The van der Waals surface area contributed by atoms with Gasteiger partial charge in [0, 0.05) is 24.7 Å². The topological polar surface area (TPSA) is 90.7 Å². The molecule has 1 N–H and O–H groups in total. The van der Waals surface area contributed by atoms with Crippen molar-refractivity contribution in [2.24, 2.45) is 0 Å². The highest BCUT2D eigenvalue weighted by atomic mass is 32.2. The fourth-order valence-corrected chi connectivity index (χ4v) is 4.64. The summed E-state index contributed by atoms with van der Waals surface area (Å²) in [7, 11) is 2.59. The molecule has 31 heavy (non-hydrogen) atoms. The molecule has 1 aromatic rings. The molecular formula is C23H40N2O5S. The van der Waals surface area contributed by atoms with E-state index in [-0.39, 0.29) is 12.4 Å². The van der Waals surface area contributed by atoms with E-state index in [1.54, 1.807) is 6.20 Å². The highest BCUT2D eigenvalue weighted by molar-refractivity contribution is 7.99. The quantitative estimate of drug-likeness (QED) is 0.253. The van der Waals surface area contributed by atoms with E-state index < -0.39 is 17.3 Å².